The second-order valence-electron chi connectivity index (χ2n) is 6.19. The van der Waals surface area contributed by atoms with Crippen molar-refractivity contribution >= 4 is 29.0 Å². The summed E-state index contributed by atoms with van der Waals surface area (Å²) in [7, 11) is 1.40. The van der Waals surface area contributed by atoms with E-state index in [-0.39, 0.29) is 5.97 Å². The van der Waals surface area contributed by atoms with Gasteiger partial charge in [-0.05, 0) is 34.2 Å². The van der Waals surface area contributed by atoms with Gasteiger partial charge in [-0.1, -0.05) is 29.8 Å². The van der Waals surface area contributed by atoms with Gasteiger partial charge in [-0.15, -0.1) is 14.8 Å². The fraction of sp³-hybridized carbons (Fsp3) is 0.353. The summed E-state index contributed by atoms with van der Waals surface area (Å²) in [5.41, 5.74) is 1.36. The topological polar surface area (TPSA) is 88.8 Å². The van der Waals surface area contributed by atoms with E-state index in [1.165, 1.54) is 11.7 Å². The summed E-state index contributed by atoms with van der Waals surface area (Å²) in [6.45, 7) is 2.75. The minimum absolute atomic E-state index is 0.315. The Morgan fingerprint density at radius 2 is 1.93 bits per heavy atom. The van der Waals surface area contributed by atoms with Gasteiger partial charge in [-0.25, -0.2) is 4.79 Å². The predicted molar refractivity (Wildman–Crippen MR) is 98.6 cm³/mol. The maximum Gasteiger partial charge on any atom is 0.327 e. The molecule has 0 saturated carbocycles. The average molecular weight is 388 g/mol. The summed E-state index contributed by atoms with van der Waals surface area (Å²) in [5, 5.41) is 16.3. The zero-order valence-corrected chi connectivity index (χ0v) is 15.5. The van der Waals surface area contributed by atoms with E-state index >= 15 is 0 Å². The number of halogens is 1. The average Bonchev–Trinajstić information content (AvgIpc) is 3.18. The monoisotopic (exact) mass is 387 g/mol. The number of tetrazole rings is 1. The Bertz CT molecular complexity index is 955. The summed E-state index contributed by atoms with van der Waals surface area (Å²) in [5.74, 6) is 0.478. The molecule has 1 atom stereocenters. The third kappa shape index (κ3) is 3.43. The van der Waals surface area contributed by atoms with Crippen molar-refractivity contribution in [2.45, 2.75) is 6.04 Å². The molecule has 1 fully saturated rings. The van der Waals surface area contributed by atoms with Gasteiger partial charge < -0.3 is 9.64 Å². The molecule has 3 aromatic rings. The minimum atomic E-state index is -0.527. The number of hydrogen-bond acceptors (Lipinski definition) is 8. The molecular formula is C17H18ClN7O2. The van der Waals surface area contributed by atoms with Gasteiger partial charge in [0.05, 0.1) is 7.11 Å². The van der Waals surface area contributed by atoms with Crippen LogP contribution in [0.25, 0.3) is 5.65 Å². The van der Waals surface area contributed by atoms with Crippen LogP contribution < -0.4 is 4.90 Å². The molecule has 1 aromatic carbocycles. The van der Waals surface area contributed by atoms with E-state index in [0.717, 1.165) is 11.4 Å². The van der Waals surface area contributed by atoms with Crippen LogP contribution in [0.15, 0.2) is 36.4 Å². The molecule has 9 nitrogen and oxygen atoms in total. The van der Waals surface area contributed by atoms with Gasteiger partial charge in [0.25, 0.3) is 0 Å². The van der Waals surface area contributed by atoms with E-state index in [1.54, 1.807) is 6.07 Å². The largest absolute Gasteiger partial charge is 0.468 e. The number of benzene rings is 1. The molecule has 4 rings (SSSR count). The molecule has 1 saturated heterocycles. The zero-order chi connectivity index (χ0) is 18.8. The third-order valence-electron chi connectivity index (χ3n) is 4.68. The molecular weight excluding hydrogens is 370 g/mol. The highest BCUT2D eigenvalue weighted by Gasteiger charge is 2.32. The summed E-state index contributed by atoms with van der Waals surface area (Å²) >= 11 is 6.33. The quantitative estimate of drug-likeness (QED) is 0.617. The number of carbonyl (C=O) groups excluding carboxylic acids is 1. The van der Waals surface area contributed by atoms with Crippen LogP contribution >= 0.6 is 11.6 Å². The van der Waals surface area contributed by atoms with Crippen LogP contribution in [-0.4, -0.2) is 69.4 Å². The molecule has 1 aliphatic heterocycles. The van der Waals surface area contributed by atoms with Crippen molar-refractivity contribution in [1.29, 1.82) is 0 Å². The number of hydrogen-bond donors (Lipinski definition) is 0. The van der Waals surface area contributed by atoms with Crippen molar-refractivity contribution in [2.24, 2.45) is 0 Å². The van der Waals surface area contributed by atoms with E-state index in [1.807, 2.05) is 30.3 Å². The van der Waals surface area contributed by atoms with Crippen LogP contribution in [-0.2, 0) is 9.53 Å². The normalized spacial score (nSPS) is 16.4. The number of methoxy groups -OCH3 is 1. The Kier molecular flexibility index (Phi) is 4.87. The molecule has 0 unspecified atom stereocenters. The first-order chi connectivity index (χ1) is 13.2. The first kappa shape index (κ1) is 17.6. The number of ether oxygens (including phenoxy) is 1. The third-order valence-corrected chi connectivity index (χ3v) is 5.03. The number of piperazine rings is 1. The van der Waals surface area contributed by atoms with Crippen molar-refractivity contribution in [3.63, 3.8) is 0 Å². The van der Waals surface area contributed by atoms with Crippen LogP contribution in [0.4, 0.5) is 5.82 Å². The summed E-state index contributed by atoms with van der Waals surface area (Å²) in [6, 6.07) is 10.6. The van der Waals surface area contributed by atoms with Crippen molar-refractivity contribution < 1.29 is 9.53 Å². The molecule has 140 valence electrons. The number of anilines is 1. The van der Waals surface area contributed by atoms with E-state index in [4.69, 9.17) is 16.3 Å². The number of rotatable bonds is 4. The van der Waals surface area contributed by atoms with E-state index in [2.05, 4.69) is 30.4 Å². The zero-order valence-electron chi connectivity index (χ0n) is 14.7. The summed E-state index contributed by atoms with van der Waals surface area (Å²) in [6.07, 6.45) is 0. The van der Waals surface area contributed by atoms with E-state index < -0.39 is 6.04 Å². The first-order valence-corrected chi connectivity index (χ1v) is 8.92. The van der Waals surface area contributed by atoms with Crippen LogP contribution in [0.5, 0.6) is 0 Å². The summed E-state index contributed by atoms with van der Waals surface area (Å²) in [4.78, 5) is 16.7. The second-order valence-corrected chi connectivity index (χ2v) is 6.60. The molecule has 10 heteroatoms. The fourth-order valence-corrected chi connectivity index (χ4v) is 3.54. The Morgan fingerprint density at radius 1 is 1.15 bits per heavy atom. The molecule has 0 N–H and O–H groups in total. The minimum Gasteiger partial charge on any atom is -0.468 e. The highest BCUT2D eigenvalue weighted by Crippen LogP contribution is 2.30. The van der Waals surface area contributed by atoms with Gasteiger partial charge in [0.2, 0.25) is 0 Å². The summed E-state index contributed by atoms with van der Waals surface area (Å²) < 4.78 is 6.44. The molecule has 0 radical (unpaired) electrons. The predicted octanol–water partition coefficient (Wildman–Crippen LogP) is 1.21. The Labute approximate surface area is 160 Å². The van der Waals surface area contributed by atoms with Gasteiger partial charge >= 0.3 is 5.97 Å². The van der Waals surface area contributed by atoms with Gasteiger partial charge in [0.1, 0.15) is 6.04 Å². The van der Waals surface area contributed by atoms with Crippen molar-refractivity contribution in [3.05, 3.63) is 47.0 Å². The fourth-order valence-electron chi connectivity index (χ4n) is 3.30. The molecule has 27 heavy (non-hydrogen) atoms. The van der Waals surface area contributed by atoms with Gasteiger partial charge in [0.15, 0.2) is 11.5 Å². The lowest BCUT2D eigenvalue weighted by Crippen LogP contribution is -2.49. The van der Waals surface area contributed by atoms with Gasteiger partial charge in [-0.3, -0.25) is 4.90 Å². The molecule has 0 bridgehead atoms. The smallest absolute Gasteiger partial charge is 0.327 e. The lowest BCUT2D eigenvalue weighted by molar-refractivity contribution is -0.147. The highest BCUT2D eigenvalue weighted by molar-refractivity contribution is 6.31. The molecule has 1 aliphatic rings. The van der Waals surface area contributed by atoms with Crippen LogP contribution in [0.2, 0.25) is 5.02 Å². The SMILES string of the molecule is COC(=O)[C@@H](c1ccccc1Cl)N1CCN(c2ccc3nnnn3n2)CC1. The molecule has 0 spiro atoms. The van der Waals surface area contributed by atoms with E-state index in [9.17, 15) is 4.79 Å². The van der Waals surface area contributed by atoms with Crippen LogP contribution in [0, 0.1) is 0 Å². The number of fused-ring (bicyclic) bond motifs is 1. The second kappa shape index (κ2) is 7.45. The highest BCUT2D eigenvalue weighted by atomic mass is 35.5. The van der Waals surface area contributed by atoms with Crippen LogP contribution in [0.1, 0.15) is 11.6 Å². The number of aromatic nitrogens is 5. The Hall–Kier alpha value is -2.78. The molecule has 0 amide bonds. The van der Waals surface area contributed by atoms with Crippen molar-refractivity contribution in [1.82, 2.24) is 30.2 Å². The lowest BCUT2D eigenvalue weighted by atomic mass is 10.0. The number of esters is 1. The number of nitrogens with zero attached hydrogens (tertiary/aromatic N) is 7. The Morgan fingerprint density at radius 3 is 2.67 bits per heavy atom. The maximum atomic E-state index is 12.5. The molecule has 2 aromatic heterocycles. The van der Waals surface area contributed by atoms with Crippen LogP contribution in [0.3, 0.4) is 0 Å². The first-order valence-electron chi connectivity index (χ1n) is 8.54. The lowest BCUT2D eigenvalue weighted by Gasteiger charge is -2.38. The van der Waals surface area contributed by atoms with Crippen molar-refractivity contribution in [2.75, 3.05) is 38.2 Å². The standard InChI is InChI=1S/C17H18ClN7O2/c1-27-17(26)16(12-4-2-3-5-13(12)18)24-10-8-23(9-11-24)15-7-6-14-19-21-22-25(14)20-15/h2-7,16H,8-11H2,1H3/t16-/m1/s1. The van der Waals surface area contributed by atoms with Crippen molar-refractivity contribution in [3.8, 4) is 0 Å². The molecule has 3 heterocycles. The Balaban J connectivity index is 1.52. The molecule has 0 aliphatic carbocycles. The van der Waals surface area contributed by atoms with Gasteiger partial charge in [-0.2, -0.15) is 0 Å². The van der Waals surface area contributed by atoms with Gasteiger partial charge in [0, 0.05) is 31.2 Å². The number of carbonyl (C=O) groups is 1. The maximum absolute atomic E-state index is 12.5. The van der Waals surface area contributed by atoms with E-state index in [0.29, 0.717) is 36.8 Å².